The summed E-state index contributed by atoms with van der Waals surface area (Å²) in [5, 5.41) is 4.31. The minimum absolute atomic E-state index is 0.430. The number of aryl methyl sites for hydroxylation is 1. The van der Waals surface area contributed by atoms with Crippen LogP contribution >= 0.6 is 24.0 Å². The molecule has 1 aliphatic rings. The second kappa shape index (κ2) is 6.57. The monoisotopic (exact) mass is 295 g/mol. The summed E-state index contributed by atoms with van der Waals surface area (Å²) in [5.41, 5.74) is 7.54. The summed E-state index contributed by atoms with van der Waals surface area (Å²) in [4.78, 5) is 4.96. The van der Waals surface area contributed by atoms with Crippen LogP contribution in [0, 0.1) is 6.92 Å². The number of thiocarbonyl (C=S) groups is 1. The number of nitrogens with zero attached hydrogens (tertiary/aromatic N) is 1. The zero-order chi connectivity index (χ0) is 13.8. The molecule has 0 aliphatic heterocycles. The van der Waals surface area contributed by atoms with Crippen molar-refractivity contribution in [3.05, 3.63) is 23.4 Å². The van der Waals surface area contributed by atoms with Crippen molar-refractivity contribution in [3.63, 3.8) is 0 Å². The van der Waals surface area contributed by atoms with Gasteiger partial charge in [0, 0.05) is 22.5 Å². The number of pyridine rings is 1. The van der Waals surface area contributed by atoms with E-state index in [4.69, 9.17) is 18.0 Å². The van der Waals surface area contributed by atoms with Crippen LogP contribution in [0.3, 0.4) is 0 Å². The molecule has 2 unspecified atom stereocenters. The third kappa shape index (κ3) is 4.08. The smallest absolute Gasteiger partial charge is 0.127 e. The van der Waals surface area contributed by atoms with E-state index in [2.05, 4.69) is 16.6 Å². The van der Waals surface area contributed by atoms with Crippen molar-refractivity contribution in [1.29, 1.82) is 0 Å². The second-order valence-corrected chi connectivity index (χ2v) is 6.69. The zero-order valence-corrected chi connectivity index (χ0v) is 13.1. The van der Waals surface area contributed by atoms with Crippen LogP contribution in [0.2, 0.25) is 0 Å². The molecule has 1 saturated carbocycles. The molecule has 5 heteroatoms. The lowest BCUT2D eigenvalue weighted by Crippen LogP contribution is -2.29. The Morgan fingerprint density at radius 2 is 2.26 bits per heavy atom. The van der Waals surface area contributed by atoms with Crippen molar-refractivity contribution in [1.82, 2.24) is 4.98 Å². The van der Waals surface area contributed by atoms with Gasteiger partial charge >= 0.3 is 0 Å². The van der Waals surface area contributed by atoms with E-state index in [1.165, 1.54) is 25.7 Å². The van der Waals surface area contributed by atoms with E-state index in [9.17, 15) is 0 Å². The summed E-state index contributed by atoms with van der Waals surface area (Å²) in [5.74, 6) is 0.898. The first-order chi connectivity index (χ1) is 9.08. The SMILES string of the molecule is CSC1CCCC(Nc2cc(C(N)=S)cc(C)n2)C1. The van der Waals surface area contributed by atoms with Gasteiger partial charge in [0.25, 0.3) is 0 Å². The molecule has 1 aromatic rings. The van der Waals surface area contributed by atoms with E-state index in [1.54, 1.807) is 0 Å². The Balaban J connectivity index is 2.08. The molecule has 2 atom stereocenters. The molecule has 0 spiro atoms. The summed E-state index contributed by atoms with van der Waals surface area (Å²) in [6.07, 6.45) is 7.24. The van der Waals surface area contributed by atoms with Gasteiger partial charge in [-0.2, -0.15) is 11.8 Å². The summed E-state index contributed by atoms with van der Waals surface area (Å²) in [6.45, 7) is 1.97. The number of hydrogen-bond donors (Lipinski definition) is 2. The van der Waals surface area contributed by atoms with Gasteiger partial charge in [0.05, 0.1) is 0 Å². The summed E-state index contributed by atoms with van der Waals surface area (Å²) >= 11 is 7.01. The zero-order valence-electron chi connectivity index (χ0n) is 11.5. The molecule has 1 heterocycles. The predicted octanol–water partition coefficient (Wildman–Crippen LogP) is 3.11. The number of nitrogens with two attached hydrogens (primary N) is 1. The molecular weight excluding hydrogens is 274 g/mol. The van der Waals surface area contributed by atoms with Crippen LogP contribution in [-0.2, 0) is 0 Å². The molecule has 0 radical (unpaired) electrons. The molecule has 0 aromatic carbocycles. The first-order valence-corrected chi connectivity index (χ1v) is 8.36. The summed E-state index contributed by atoms with van der Waals surface area (Å²) in [6, 6.07) is 4.40. The third-order valence-electron chi connectivity index (χ3n) is 3.55. The number of aromatic nitrogens is 1. The van der Waals surface area contributed by atoms with E-state index in [-0.39, 0.29) is 0 Å². The maximum atomic E-state index is 5.70. The topological polar surface area (TPSA) is 50.9 Å². The summed E-state index contributed by atoms with van der Waals surface area (Å²) in [7, 11) is 0. The Morgan fingerprint density at radius 1 is 1.47 bits per heavy atom. The largest absolute Gasteiger partial charge is 0.389 e. The predicted molar refractivity (Wildman–Crippen MR) is 88.0 cm³/mol. The van der Waals surface area contributed by atoms with Gasteiger partial charge in [-0.05, 0) is 44.6 Å². The Hall–Kier alpha value is -0.810. The molecule has 19 heavy (non-hydrogen) atoms. The van der Waals surface area contributed by atoms with Crippen LogP contribution in [0.25, 0.3) is 0 Å². The van der Waals surface area contributed by atoms with Gasteiger partial charge in [-0.15, -0.1) is 0 Å². The normalized spacial score (nSPS) is 23.1. The fraction of sp³-hybridized carbons (Fsp3) is 0.571. The lowest BCUT2D eigenvalue weighted by molar-refractivity contribution is 0.472. The molecule has 1 aromatic heterocycles. The molecule has 3 nitrogen and oxygen atoms in total. The molecule has 0 saturated heterocycles. The fourth-order valence-corrected chi connectivity index (χ4v) is 3.53. The fourth-order valence-electron chi connectivity index (χ4n) is 2.58. The van der Waals surface area contributed by atoms with Crippen molar-refractivity contribution in [2.24, 2.45) is 5.73 Å². The number of anilines is 1. The van der Waals surface area contributed by atoms with Crippen LogP contribution in [-0.4, -0.2) is 27.5 Å². The maximum absolute atomic E-state index is 5.70. The Bertz CT molecular complexity index is 462. The van der Waals surface area contributed by atoms with Crippen LogP contribution in [0.5, 0.6) is 0 Å². The highest BCUT2D eigenvalue weighted by Gasteiger charge is 2.21. The lowest BCUT2D eigenvalue weighted by Gasteiger charge is -2.29. The average molecular weight is 295 g/mol. The van der Waals surface area contributed by atoms with E-state index in [0.717, 1.165) is 22.3 Å². The Kier molecular flexibility index (Phi) is 5.05. The molecule has 0 bridgehead atoms. The maximum Gasteiger partial charge on any atom is 0.127 e. The molecule has 1 aliphatic carbocycles. The van der Waals surface area contributed by atoms with Crippen molar-refractivity contribution in [2.45, 2.75) is 43.9 Å². The molecular formula is C14H21N3S2. The van der Waals surface area contributed by atoms with Gasteiger partial charge in [0.15, 0.2) is 0 Å². The van der Waals surface area contributed by atoms with Crippen molar-refractivity contribution >= 4 is 34.8 Å². The molecule has 3 N–H and O–H groups in total. The molecule has 104 valence electrons. The van der Waals surface area contributed by atoms with Crippen LogP contribution in [0.4, 0.5) is 5.82 Å². The van der Waals surface area contributed by atoms with E-state index in [0.29, 0.717) is 11.0 Å². The van der Waals surface area contributed by atoms with Crippen LogP contribution in [0.15, 0.2) is 12.1 Å². The minimum atomic E-state index is 0.430. The van der Waals surface area contributed by atoms with Gasteiger partial charge in [0.1, 0.15) is 10.8 Å². The standard InChI is InChI=1S/C14H21N3S2/c1-9-6-10(14(15)18)7-13(16-9)17-11-4-3-5-12(8-11)19-2/h6-7,11-12H,3-5,8H2,1-2H3,(H2,15,18)(H,16,17). The third-order valence-corrected chi connectivity index (χ3v) is 4.88. The van der Waals surface area contributed by atoms with Gasteiger partial charge < -0.3 is 11.1 Å². The quantitative estimate of drug-likeness (QED) is 0.836. The highest BCUT2D eigenvalue weighted by Crippen LogP contribution is 2.28. The van der Waals surface area contributed by atoms with Crippen LogP contribution < -0.4 is 11.1 Å². The number of rotatable bonds is 4. The van der Waals surface area contributed by atoms with Gasteiger partial charge in [-0.3, -0.25) is 0 Å². The van der Waals surface area contributed by atoms with E-state index < -0.39 is 0 Å². The number of thioether (sulfide) groups is 1. The second-order valence-electron chi connectivity index (χ2n) is 5.11. The minimum Gasteiger partial charge on any atom is -0.389 e. The Labute approximate surface area is 124 Å². The molecule has 2 rings (SSSR count). The van der Waals surface area contributed by atoms with Crippen LogP contribution in [0.1, 0.15) is 36.9 Å². The van der Waals surface area contributed by atoms with Crippen molar-refractivity contribution in [3.8, 4) is 0 Å². The highest BCUT2D eigenvalue weighted by molar-refractivity contribution is 7.99. The first-order valence-electron chi connectivity index (χ1n) is 6.66. The van der Waals surface area contributed by atoms with Gasteiger partial charge in [-0.1, -0.05) is 18.6 Å². The van der Waals surface area contributed by atoms with Crippen molar-refractivity contribution < 1.29 is 0 Å². The van der Waals surface area contributed by atoms with Crippen molar-refractivity contribution in [2.75, 3.05) is 11.6 Å². The number of nitrogens with one attached hydrogen (secondary N) is 1. The average Bonchev–Trinajstić information content (AvgIpc) is 2.38. The number of hydrogen-bond acceptors (Lipinski definition) is 4. The highest BCUT2D eigenvalue weighted by atomic mass is 32.2. The van der Waals surface area contributed by atoms with Gasteiger partial charge in [0.2, 0.25) is 0 Å². The Morgan fingerprint density at radius 3 is 2.95 bits per heavy atom. The molecule has 0 amide bonds. The summed E-state index contributed by atoms with van der Waals surface area (Å²) < 4.78 is 0. The van der Waals surface area contributed by atoms with E-state index >= 15 is 0 Å². The first kappa shape index (κ1) is 14.6. The molecule has 1 fully saturated rings. The lowest BCUT2D eigenvalue weighted by atomic mass is 9.95. The van der Waals surface area contributed by atoms with E-state index in [1.807, 2.05) is 30.8 Å². The van der Waals surface area contributed by atoms with Gasteiger partial charge in [-0.25, -0.2) is 4.98 Å².